The lowest BCUT2D eigenvalue weighted by molar-refractivity contribution is -0.121. The number of hydrogen-bond acceptors (Lipinski definition) is 4. The number of rotatable bonds is 5. The zero-order valence-electron chi connectivity index (χ0n) is 18.4. The van der Waals surface area contributed by atoms with Crippen LogP contribution in [-0.4, -0.2) is 55.6 Å². The van der Waals surface area contributed by atoms with Gasteiger partial charge in [-0.2, -0.15) is 4.31 Å². The summed E-state index contributed by atoms with van der Waals surface area (Å²) >= 11 is 0. The summed E-state index contributed by atoms with van der Waals surface area (Å²) < 4.78 is 40.4. The standard InChI is InChI=1S/C24H28FN3O4S/c25-20-9-7-19(8-10-20)24(30)27-15-11-18(12-16-27)23(29)26-21-5-4-6-22(17-21)33(31,32)28-13-2-1-3-14-28/h4-10,17-18H,1-3,11-16H2,(H,26,29). The van der Waals surface area contributed by atoms with Gasteiger partial charge in [0.2, 0.25) is 15.9 Å². The predicted octanol–water partition coefficient (Wildman–Crippen LogP) is 3.49. The number of piperidine rings is 2. The van der Waals surface area contributed by atoms with Crippen LogP contribution in [0.3, 0.4) is 0 Å². The van der Waals surface area contributed by atoms with Crippen LogP contribution in [0.15, 0.2) is 53.4 Å². The molecule has 2 aromatic carbocycles. The van der Waals surface area contributed by atoms with Crippen molar-refractivity contribution in [1.29, 1.82) is 0 Å². The summed E-state index contributed by atoms with van der Waals surface area (Å²) in [5.41, 5.74) is 0.869. The van der Waals surface area contributed by atoms with Gasteiger partial charge < -0.3 is 10.2 Å². The molecule has 33 heavy (non-hydrogen) atoms. The second-order valence-corrected chi connectivity index (χ2v) is 10.5. The van der Waals surface area contributed by atoms with Crippen LogP contribution in [0.1, 0.15) is 42.5 Å². The van der Waals surface area contributed by atoms with E-state index in [0.717, 1.165) is 19.3 Å². The number of halogens is 1. The van der Waals surface area contributed by atoms with Crippen LogP contribution in [0.25, 0.3) is 0 Å². The highest BCUT2D eigenvalue weighted by Crippen LogP contribution is 2.25. The lowest BCUT2D eigenvalue weighted by Gasteiger charge is -2.31. The molecular formula is C24H28FN3O4S. The first-order valence-corrected chi connectivity index (χ1v) is 12.7. The molecule has 0 unspecified atom stereocenters. The van der Waals surface area contributed by atoms with Crippen molar-refractivity contribution in [2.45, 2.75) is 37.0 Å². The third-order valence-corrected chi connectivity index (χ3v) is 8.19. The van der Waals surface area contributed by atoms with Gasteiger partial charge in [-0.1, -0.05) is 12.5 Å². The number of carbonyl (C=O) groups is 2. The molecule has 7 nitrogen and oxygen atoms in total. The molecule has 0 saturated carbocycles. The fraction of sp³-hybridized carbons (Fsp3) is 0.417. The van der Waals surface area contributed by atoms with Gasteiger partial charge >= 0.3 is 0 Å². The fourth-order valence-corrected chi connectivity index (χ4v) is 5.92. The van der Waals surface area contributed by atoms with Crippen molar-refractivity contribution in [3.63, 3.8) is 0 Å². The van der Waals surface area contributed by atoms with E-state index in [4.69, 9.17) is 0 Å². The van der Waals surface area contributed by atoms with E-state index >= 15 is 0 Å². The number of sulfonamides is 1. The largest absolute Gasteiger partial charge is 0.339 e. The Hall–Kier alpha value is -2.78. The van der Waals surface area contributed by atoms with Crippen molar-refractivity contribution < 1.29 is 22.4 Å². The average Bonchev–Trinajstić information content (AvgIpc) is 2.85. The number of hydrogen-bond donors (Lipinski definition) is 1. The van der Waals surface area contributed by atoms with Gasteiger partial charge in [0.05, 0.1) is 4.90 Å². The average molecular weight is 474 g/mol. The van der Waals surface area contributed by atoms with Gasteiger partial charge in [-0.25, -0.2) is 12.8 Å². The Morgan fingerprint density at radius 1 is 0.909 bits per heavy atom. The van der Waals surface area contributed by atoms with Gasteiger partial charge in [-0.15, -0.1) is 0 Å². The van der Waals surface area contributed by atoms with Gasteiger partial charge in [0, 0.05) is 43.3 Å². The van der Waals surface area contributed by atoms with Crippen molar-refractivity contribution in [2.75, 3.05) is 31.5 Å². The number of likely N-dealkylation sites (tertiary alicyclic amines) is 1. The quantitative estimate of drug-likeness (QED) is 0.720. The minimum absolute atomic E-state index is 0.176. The molecule has 1 N–H and O–H groups in total. The summed E-state index contributed by atoms with van der Waals surface area (Å²) in [4.78, 5) is 27.2. The highest BCUT2D eigenvalue weighted by atomic mass is 32.2. The molecule has 0 aliphatic carbocycles. The molecule has 2 aliphatic rings. The van der Waals surface area contributed by atoms with E-state index in [1.165, 1.54) is 34.6 Å². The lowest BCUT2D eigenvalue weighted by Crippen LogP contribution is -2.41. The van der Waals surface area contributed by atoms with Crippen LogP contribution in [-0.2, 0) is 14.8 Å². The third kappa shape index (κ3) is 5.42. The van der Waals surface area contributed by atoms with Gasteiger partial charge in [0.1, 0.15) is 5.82 Å². The smallest absolute Gasteiger partial charge is 0.253 e. The number of amides is 2. The minimum Gasteiger partial charge on any atom is -0.339 e. The topological polar surface area (TPSA) is 86.8 Å². The second-order valence-electron chi connectivity index (χ2n) is 8.56. The summed E-state index contributed by atoms with van der Waals surface area (Å²) in [5, 5.41) is 2.84. The monoisotopic (exact) mass is 473 g/mol. The first-order chi connectivity index (χ1) is 15.8. The predicted molar refractivity (Wildman–Crippen MR) is 123 cm³/mol. The summed E-state index contributed by atoms with van der Waals surface area (Å²) in [7, 11) is -3.58. The lowest BCUT2D eigenvalue weighted by atomic mass is 9.95. The Balaban J connectivity index is 1.35. The van der Waals surface area contributed by atoms with Gasteiger partial charge in [-0.05, 0) is 68.1 Å². The molecule has 0 radical (unpaired) electrons. The van der Waals surface area contributed by atoms with E-state index in [-0.39, 0.29) is 22.6 Å². The molecule has 2 heterocycles. The fourth-order valence-electron chi connectivity index (χ4n) is 4.35. The number of carbonyl (C=O) groups excluding carboxylic acids is 2. The maximum atomic E-state index is 13.1. The second kappa shape index (κ2) is 10.0. The van der Waals surface area contributed by atoms with Crippen molar-refractivity contribution in [3.05, 3.63) is 59.9 Å². The molecule has 176 valence electrons. The molecule has 0 atom stereocenters. The van der Waals surface area contributed by atoms with E-state index in [1.54, 1.807) is 23.1 Å². The van der Waals surface area contributed by atoms with Crippen LogP contribution in [0.5, 0.6) is 0 Å². The summed E-state index contributed by atoms with van der Waals surface area (Å²) in [5.74, 6) is -1.03. The summed E-state index contributed by atoms with van der Waals surface area (Å²) in [6, 6.07) is 11.8. The van der Waals surface area contributed by atoms with Crippen LogP contribution < -0.4 is 5.32 Å². The molecule has 2 fully saturated rings. The van der Waals surface area contributed by atoms with E-state index in [9.17, 15) is 22.4 Å². The molecule has 2 aliphatic heterocycles. The summed E-state index contributed by atoms with van der Waals surface area (Å²) in [6.07, 6.45) is 3.77. The van der Waals surface area contributed by atoms with Gasteiger partial charge in [-0.3, -0.25) is 9.59 Å². The normalized spacial score (nSPS) is 18.2. The van der Waals surface area contributed by atoms with Crippen molar-refractivity contribution in [2.24, 2.45) is 5.92 Å². The first-order valence-electron chi connectivity index (χ1n) is 11.3. The molecule has 2 saturated heterocycles. The SMILES string of the molecule is O=C(Nc1cccc(S(=O)(=O)N2CCCCC2)c1)C1CCN(C(=O)c2ccc(F)cc2)CC1. The highest BCUT2D eigenvalue weighted by Gasteiger charge is 2.29. The van der Waals surface area contributed by atoms with E-state index in [1.807, 2.05) is 0 Å². The molecule has 0 spiro atoms. The number of benzene rings is 2. The van der Waals surface area contributed by atoms with E-state index in [0.29, 0.717) is 50.3 Å². The molecule has 2 aromatic rings. The Bertz CT molecular complexity index is 1110. The molecular weight excluding hydrogens is 445 g/mol. The zero-order chi connectivity index (χ0) is 23.4. The minimum atomic E-state index is -3.58. The van der Waals surface area contributed by atoms with Crippen molar-refractivity contribution in [1.82, 2.24) is 9.21 Å². The Morgan fingerprint density at radius 2 is 1.58 bits per heavy atom. The number of nitrogens with one attached hydrogen (secondary N) is 1. The first kappa shape index (κ1) is 23.4. The number of nitrogens with zero attached hydrogens (tertiary/aromatic N) is 2. The maximum Gasteiger partial charge on any atom is 0.253 e. The highest BCUT2D eigenvalue weighted by molar-refractivity contribution is 7.89. The van der Waals surface area contributed by atoms with Crippen molar-refractivity contribution in [3.8, 4) is 0 Å². The maximum absolute atomic E-state index is 13.1. The van der Waals surface area contributed by atoms with Crippen LogP contribution in [0.2, 0.25) is 0 Å². The van der Waals surface area contributed by atoms with E-state index in [2.05, 4.69) is 5.32 Å². The van der Waals surface area contributed by atoms with Gasteiger partial charge in [0.25, 0.3) is 5.91 Å². The summed E-state index contributed by atoms with van der Waals surface area (Å²) in [6.45, 7) is 1.90. The Labute approximate surface area is 193 Å². The van der Waals surface area contributed by atoms with Crippen molar-refractivity contribution >= 4 is 27.5 Å². The van der Waals surface area contributed by atoms with Gasteiger partial charge in [0.15, 0.2) is 0 Å². The van der Waals surface area contributed by atoms with Crippen LogP contribution in [0.4, 0.5) is 10.1 Å². The van der Waals surface area contributed by atoms with Crippen LogP contribution >= 0.6 is 0 Å². The van der Waals surface area contributed by atoms with E-state index < -0.39 is 15.8 Å². The zero-order valence-corrected chi connectivity index (χ0v) is 19.2. The Morgan fingerprint density at radius 3 is 2.24 bits per heavy atom. The number of anilines is 1. The Kier molecular flexibility index (Phi) is 7.09. The molecule has 9 heteroatoms. The third-order valence-electron chi connectivity index (χ3n) is 6.30. The van der Waals surface area contributed by atoms with Crippen LogP contribution in [0, 0.1) is 11.7 Å². The molecule has 0 bridgehead atoms. The molecule has 4 rings (SSSR count). The molecule has 0 aromatic heterocycles. The molecule has 2 amide bonds.